The lowest BCUT2D eigenvalue weighted by molar-refractivity contribution is 0.140. The molecule has 6 heteroatoms. The fourth-order valence-corrected chi connectivity index (χ4v) is 2.46. The number of thiophene rings is 1. The van der Waals surface area contributed by atoms with Crippen molar-refractivity contribution >= 4 is 21.6 Å². The maximum absolute atomic E-state index is 12.1. The molecular weight excluding hydrogens is 262 g/mol. The van der Waals surface area contributed by atoms with Crippen LogP contribution in [0, 0.1) is 0 Å². The SMILES string of the molecule is CC(C)(C)NCC(O)Cn1cnc2sccc2c1=O. The van der Waals surface area contributed by atoms with Gasteiger partial charge < -0.3 is 10.4 Å². The van der Waals surface area contributed by atoms with Crippen molar-refractivity contribution in [2.24, 2.45) is 0 Å². The van der Waals surface area contributed by atoms with Crippen LogP contribution in [-0.2, 0) is 6.54 Å². The van der Waals surface area contributed by atoms with Crippen LogP contribution in [0.4, 0.5) is 0 Å². The van der Waals surface area contributed by atoms with Crippen molar-refractivity contribution in [3.8, 4) is 0 Å². The number of fused-ring (bicyclic) bond motifs is 1. The van der Waals surface area contributed by atoms with Gasteiger partial charge in [-0.15, -0.1) is 11.3 Å². The van der Waals surface area contributed by atoms with Crippen molar-refractivity contribution in [2.75, 3.05) is 6.54 Å². The highest BCUT2D eigenvalue weighted by Gasteiger charge is 2.14. The maximum atomic E-state index is 12.1. The minimum absolute atomic E-state index is 0.0541. The van der Waals surface area contributed by atoms with Crippen molar-refractivity contribution in [1.29, 1.82) is 0 Å². The van der Waals surface area contributed by atoms with Gasteiger partial charge in [-0.05, 0) is 32.2 Å². The first-order chi connectivity index (χ1) is 8.87. The van der Waals surface area contributed by atoms with Crippen LogP contribution in [0.25, 0.3) is 10.2 Å². The molecule has 0 saturated heterocycles. The van der Waals surface area contributed by atoms with Gasteiger partial charge in [-0.1, -0.05) is 0 Å². The number of aromatic nitrogens is 2. The molecule has 0 radical (unpaired) electrons. The molecule has 1 unspecified atom stereocenters. The number of hydrogen-bond acceptors (Lipinski definition) is 5. The topological polar surface area (TPSA) is 67.2 Å². The Bertz CT molecular complexity index is 612. The lowest BCUT2D eigenvalue weighted by Crippen LogP contribution is -2.42. The molecule has 0 saturated carbocycles. The van der Waals surface area contributed by atoms with Gasteiger partial charge >= 0.3 is 0 Å². The Kier molecular flexibility index (Phi) is 4.03. The summed E-state index contributed by atoms with van der Waals surface area (Å²) in [4.78, 5) is 17.1. The van der Waals surface area contributed by atoms with Crippen LogP contribution in [0.2, 0.25) is 0 Å². The summed E-state index contributed by atoms with van der Waals surface area (Å²) >= 11 is 1.44. The summed E-state index contributed by atoms with van der Waals surface area (Å²) in [5.74, 6) is 0. The first-order valence-corrected chi connectivity index (χ1v) is 7.10. The van der Waals surface area contributed by atoms with Crippen LogP contribution in [0.5, 0.6) is 0 Å². The third-order valence-electron chi connectivity index (χ3n) is 2.73. The van der Waals surface area contributed by atoms with Crippen LogP contribution in [0.1, 0.15) is 20.8 Å². The molecule has 0 aliphatic heterocycles. The number of aliphatic hydroxyl groups excluding tert-OH is 1. The van der Waals surface area contributed by atoms with E-state index in [1.807, 2.05) is 26.2 Å². The molecule has 2 aromatic heterocycles. The zero-order chi connectivity index (χ0) is 14.0. The lowest BCUT2D eigenvalue weighted by atomic mass is 10.1. The van der Waals surface area contributed by atoms with Crippen molar-refractivity contribution in [2.45, 2.75) is 39.0 Å². The monoisotopic (exact) mass is 281 g/mol. The van der Waals surface area contributed by atoms with E-state index in [1.165, 1.54) is 22.2 Å². The van der Waals surface area contributed by atoms with E-state index in [-0.39, 0.29) is 17.6 Å². The van der Waals surface area contributed by atoms with E-state index in [9.17, 15) is 9.90 Å². The standard InChI is InChI=1S/C13H19N3O2S/c1-13(2,3)15-6-9(17)7-16-8-14-11-10(12(16)18)4-5-19-11/h4-5,8-9,15,17H,6-7H2,1-3H3. The largest absolute Gasteiger partial charge is 0.390 e. The van der Waals surface area contributed by atoms with Gasteiger partial charge in [0.25, 0.3) is 5.56 Å². The molecule has 19 heavy (non-hydrogen) atoms. The van der Waals surface area contributed by atoms with Crippen molar-refractivity contribution in [3.05, 3.63) is 28.1 Å². The van der Waals surface area contributed by atoms with E-state index in [0.717, 1.165) is 4.83 Å². The Balaban J connectivity index is 2.09. The van der Waals surface area contributed by atoms with Crippen molar-refractivity contribution in [3.63, 3.8) is 0 Å². The molecule has 1 atom stereocenters. The second kappa shape index (κ2) is 5.40. The van der Waals surface area contributed by atoms with Crippen LogP contribution >= 0.6 is 11.3 Å². The Morgan fingerprint density at radius 3 is 2.95 bits per heavy atom. The van der Waals surface area contributed by atoms with Gasteiger partial charge in [0.2, 0.25) is 0 Å². The summed E-state index contributed by atoms with van der Waals surface area (Å²) in [5, 5.41) is 15.6. The number of rotatable bonds is 4. The third kappa shape index (κ3) is 3.62. The predicted molar refractivity (Wildman–Crippen MR) is 77.6 cm³/mol. The quantitative estimate of drug-likeness (QED) is 0.884. The molecule has 0 aliphatic rings. The summed E-state index contributed by atoms with van der Waals surface area (Å²) in [7, 11) is 0. The molecule has 104 valence electrons. The van der Waals surface area contributed by atoms with Gasteiger partial charge in [0.05, 0.1) is 24.4 Å². The summed E-state index contributed by atoms with van der Waals surface area (Å²) in [6.07, 6.45) is 0.886. The molecule has 2 aromatic rings. The molecule has 0 aromatic carbocycles. The second-order valence-corrected chi connectivity index (χ2v) is 6.52. The molecular formula is C13H19N3O2S. The Morgan fingerprint density at radius 2 is 2.26 bits per heavy atom. The van der Waals surface area contributed by atoms with Crippen molar-refractivity contribution < 1.29 is 5.11 Å². The minimum atomic E-state index is -0.616. The van der Waals surface area contributed by atoms with Crippen LogP contribution in [0.15, 0.2) is 22.6 Å². The number of nitrogens with zero attached hydrogens (tertiary/aromatic N) is 2. The van der Waals surface area contributed by atoms with Crippen LogP contribution < -0.4 is 10.9 Å². The molecule has 0 bridgehead atoms. The summed E-state index contributed by atoms with van der Waals surface area (Å²) in [6.45, 7) is 6.79. The van der Waals surface area contributed by atoms with E-state index in [1.54, 1.807) is 6.07 Å². The smallest absolute Gasteiger partial charge is 0.262 e. The molecule has 2 heterocycles. The fourth-order valence-electron chi connectivity index (χ4n) is 1.74. The minimum Gasteiger partial charge on any atom is -0.390 e. The molecule has 0 amide bonds. The fraction of sp³-hybridized carbons (Fsp3) is 0.538. The second-order valence-electron chi connectivity index (χ2n) is 5.63. The van der Waals surface area contributed by atoms with Gasteiger partial charge in [-0.2, -0.15) is 0 Å². The molecule has 5 nitrogen and oxygen atoms in total. The summed E-state index contributed by atoms with van der Waals surface area (Å²) in [6, 6.07) is 1.77. The average molecular weight is 281 g/mol. The lowest BCUT2D eigenvalue weighted by Gasteiger charge is -2.23. The van der Waals surface area contributed by atoms with E-state index in [0.29, 0.717) is 11.9 Å². The van der Waals surface area contributed by atoms with Gasteiger partial charge in [0, 0.05) is 12.1 Å². The predicted octanol–water partition coefficient (Wildman–Crippen LogP) is 1.21. The maximum Gasteiger partial charge on any atom is 0.262 e. The van der Waals surface area contributed by atoms with Crippen LogP contribution in [0.3, 0.4) is 0 Å². The molecule has 2 rings (SSSR count). The average Bonchev–Trinajstić information content (AvgIpc) is 2.78. The Morgan fingerprint density at radius 1 is 1.53 bits per heavy atom. The van der Waals surface area contributed by atoms with E-state index in [4.69, 9.17) is 0 Å². The summed E-state index contributed by atoms with van der Waals surface area (Å²) < 4.78 is 1.46. The Hall–Kier alpha value is -1.24. The molecule has 0 fully saturated rings. The number of aliphatic hydroxyl groups is 1. The molecule has 2 N–H and O–H groups in total. The first-order valence-electron chi connectivity index (χ1n) is 6.22. The number of β-amino-alcohol motifs (C(OH)–C–C–N with tert-alkyl or cyclic N) is 1. The van der Waals surface area contributed by atoms with Gasteiger partial charge in [0.1, 0.15) is 4.83 Å². The zero-order valence-corrected chi connectivity index (χ0v) is 12.2. The molecule has 0 spiro atoms. The number of nitrogens with one attached hydrogen (secondary N) is 1. The van der Waals surface area contributed by atoms with Gasteiger partial charge in [-0.3, -0.25) is 9.36 Å². The normalized spacial score (nSPS) is 13.9. The highest BCUT2D eigenvalue weighted by atomic mass is 32.1. The first kappa shape index (κ1) is 14.2. The zero-order valence-electron chi connectivity index (χ0n) is 11.4. The van der Waals surface area contributed by atoms with Gasteiger partial charge in [-0.25, -0.2) is 4.98 Å². The van der Waals surface area contributed by atoms with E-state index >= 15 is 0 Å². The highest BCUT2D eigenvalue weighted by Crippen LogP contribution is 2.13. The number of hydrogen-bond donors (Lipinski definition) is 2. The Labute approximate surface area is 115 Å². The third-order valence-corrected chi connectivity index (χ3v) is 3.55. The highest BCUT2D eigenvalue weighted by molar-refractivity contribution is 7.16. The van der Waals surface area contributed by atoms with Crippen molar-refractivity contribution in [1.82, 2.24) is 14.9 Å². The summed E-state index contributed by atoms with van der Waals surface area (Å²) in [5.41, 5.74) is -0.150. The van der Waals surface area contributed by atoms with Gasteiger partial charge in [0.15, 0.2) is 0 Å². The van der Waals surface area contributed by atoms with E-state index < -0.39 is 6.10 Å². The molecule has 0 aliphatic carbocycles. The van der Waals surface area contributed by atoms with Crippen LogP contribution in [-0.4, -0.2) is 32.8 Å². The van der Waals surface area contributed by atoms with E-state index in [2.05, 4.69) is 10.3 Å².